The minimum Gasteiger partial charge on any atom is -0.357 e. The number of aryl methyl sites for hydroxylation is 3. The van der Waals surface area contributed by atoms with E-state index in [4.69, 9.17) is 0 Å². The summed E-state index contributed by atoms with van der Waals surface area (Å²) < 4.78 is 0. The van der Waals surface area contributed by atoms with Gasteiger partial charge in [0, 0.05) is 20.0 Å². The maximum Gasteiger partial charge on any atom is 0.242 e. The first-order valence-corrected chi connectivity index (χ1v) is 11.0. The van der Waals surface area contributed by atoms with Crippen LogP contribution in [-0.4, -0.2) is 29.8 Å². The fourth-order valence-electron chi connectivity index (χ4n) is 3.95. The second-order valence-electron chi connectivity index (χ2n) is 8.37. The molecule has 3 aromatic rings. The SMILES string of the molecule is CNC(=O)[C@@H](Cc1ccccc1)N(Cc1ccccc1C)C(=O)Cc1cc(C)ccc1C. The van der Waals surface area contributed by atoms with Crippen molar-refractivity contribution in [1.82, 2.24) is 10.2 Å². The van der Waals surface area contributed by atoms with E-state index in [-0.39, 0.29) is 18.2 Å². The molecule has 1 atom stereocenters. The van der Waals surface area contributed by atoms with Crippen LogP contribution in [0.4, 0.5) is 0 Å². The molecular formula is C28H32N2O2. The number of nitrogens with one attached hydrogen (secondary N) is 1. The number of nitrogens with zero attached hydrogens (tertiary/aromatic N) is 1. The molecule has 166 valence electrons. The summed E-state index contributed by atoms with van der Waals surface area (Å²) in [5.74, 6) is -0.205. The van der Waals surface area contributed by atoms with Crippen molar-refractivity contribution in [2.24, 2.45) is 0 Å². The molecule has 0 spiro atoms. The molecule has 3 rings (SSSR count). The van der Waals surface area contributed by atoms with Gasteiger partial charge in [0.2, 0.25) is 11.8 Å². The highest BCUT2D eigenvalue weighted by Gasteiger charge is 2.30. The summed E-state index contributed by atoms with van der Waals surface area (Å²) in [6.45, 7) is 6.48. The molecule has 0 aliphatic rings. The van der Waals surface area contributed by atoms with Crippen LogP contribution in [0, 0.1) is 20.8 Å². The minimum atomic E-state index is -0.598. The van der Waals surface area contributed by atoms with Crippen molar-refractivity contribution in [1.29, 1.82) is 0 Å². The summed E-state index contributed by atoms with van der Waals surface area (Å²) in [5, 5.41) is 2.77. The van der Waals surface area contributed by atoms with Gasteiger partial charge in [-0.05, 0) is 48.6 Å². The Hall–Kier alpha value is -3.40. The molecule has 0 saturated heterocycles. The number of hydrogen-bond acceptors (Lipinski definition) is 2. The lowest BCUT2D eigenvalue weighted by Gasteiger charge is -2.32. The molecule has 0 unspecified atom stereocenters. The summed E-state index contributed by atoms with van der Waals surface area (Å²) in [6.07, 6.45) is 0.729. The lowest BCUT2D eigenvalue weighted by atomic mass is 9.99. The van der Waals surface area contributed by atoms with Crippen LogP contribution < -0.4 is 5.32 Å². The van der Waals surface area contributed by atoms with Crippen LogP contribution in [0.5, 0.6) is 0 Å². The van der Waals surface area contributed by atoms with Gasteiger partial charge in [-0.15, -0.1) is 0 Å². The maximum absolute atomic E-state index is 13.7. The normalized spacial score (nSPS) is 11.6. The zero-order chi connectivity index (χ0) is 23.1. The fraction of sp³-hybridized carbons (Fsp3) is 0.286. The fourth-order valence-corrected chi connectivity index (χ4v) is 3.95. The molecule has 32 heavy (non-hydrogen) atoms. The Kier molecular flexibility index (Phi) is 7.82. The zero-order valence-electron chi connectivity index (χ0n) is 19.4. The van der Waals surface area contributed by atoms with Crippen LogP contribution in [0.3, 0.4) is 0 Å². The van der Waals surface area contributed by atoms with Crippen molar-refractivity contribution in [2.75, 3.05) is 7.05 Å². The largest absolute Gasteiger partial charge is 0.357 e. The summed E-state index contributed by atoms with van der Waals surface area (Å²) in [4.78, 5) is 28.4. The third-order valence-corrected chi connectivity index (χ3v) is 5.97. The van der Waals surface area contributed by atoms with E-state index in [0.717, 1.165) is 33.4 Å². The molecule has 3 aromatic carbocycles. The summed E-state index contributed by atoms with van der Waals surface area (Å²) >= 11 is 0. The molecule has 4 nitrogen and oxygen atoms in total. The van der Waals surface area contributed by atoms with Crippen molar-refractivity contribution in [3.63, 3.8) is 0 Å². The van der Waals surface area contributed by atoms with E-state index < -0.39 is 6.04 Å². The van der Waals surface area contributed by atoms with Gasteiger partial charge >= 0.3 is 0 Å². The van der Waals surface area contributed by atoms with Gasteiger partial charge in [0.05, 0.1) is 6.42 Å². The topological polar surface area (TPSA) is 49.4 Å². The van der Waals surface area contributed by atoms with Crippen molar-refractivity contribution in [3.8, 4) is 0 Å². The molecule has 0 bridgehead atoms. The quantitative estimate of drug-likeness (QED) is 0.573. The van der Waals surface area contributed by atoms with Crippen LogP contribution >= 0.6 is 0 Å². The van der Waals surface area contributed by atoms with Gasteiger partial charge in [-0.1, -0.05) is 78.4 Å². The highest BCUT2D eigenvalue weighted by Crippen LogP contribution is 2.19. The number of amides is 2. The highest BCUT2D eigenvalue weighted by atomic mass is 16.2. The van der Waals surface area contributed by atoms with Gasteiger partial charge < -0.3 is 10.2 Å². The second-order valence-corrected chi connectivity index (χ2v) is 8.37. The molecule has 0 fully saturated rings. The Morgan fingerprint density at radius 1 is 0.844 bits per heavy atom. The van der Waals surface area contributed by atoms with Gasteiger partial charge in [-0.2, -0.15) is 0 Å². The zero-order valence-corrected chi connectivity index (χ0v) is 19.4. The van der Waals surface area contributed by atoms with E-state index in [1.807, 2.05) is 81.4 Å². The van der Waals surface area contributed by atoms with Crippen molar-refractivity contribution in [3.05, 3.63) is 106 Å². The van der Waals surface area contributed by atoms with E-state index in [2.05, 4.69) is 17.4 Å². The molecule has 0 radical (unpaired) electrons. The number of carbonyl (C=O) groups excluding carboxylic acids is 2. The predicted molar refractivity (Wildman–Crippen MR) is 129 cm³/mol. The molecule has 1 N–H and O–H groups in total. The van der Waals surface area contributed by atoms with Crippen LogP contribution in [0.25, 0.3) is 0 Å². The summed E-state index contributed by atoms with van der Waals surface area (Å²) in [7, 11) is 1.63. The Balaban J connectivity index is 1.98. The number of carbonyl (C=O) groups is 2. The molecule has 0 saturated carbocycles. The van der Waals surface area contributed by atoms with Crippen molar-refractivity contribution >= 4 is 11.8 Å². The highest BCUT2D eigenvalue weighted by molar-refractivity contribution is 5.88. The molecule has 0 aromatic heterocycles. The van der Waals surface area contributed by atoms with Gasteiger partial charge in [0.15, 0.2) is 0 Å². The third kappa shape index (κ3) is 5.85. The maximum atomic E-state index is 13.7. The van der Waals surface area contributed by atoms with Gasteiger partial charge in [0.1, 0.15) is 6.04 Å². The molecular weight excluding hydrogens is 396 g/mol. The number of rotatable bonds is 8. The third-order valence-electron chi connectivity index (χ3n) is 5.97. The van der Waals surface area contributed by atoms with Crippen LogP contribution in [-0.2, 0) is 29.0 Å². The standard InChI is InChI=1S/C28H32N2O2/c1-20-14-15-22(3)25(16-20)18-27(31)30(19-24-13-9-8-10-21(24)2)26(28(32)29-4)17-23-11-6-5-7-12-23/h5-16,26H,17-19H2,1-4H3,(H,29,32)/t26-/m1/s1. The van der Waals surface area contributed by atoms with Gasteiger partial charge in [0.25, 0.3) is 0 Å². The van der Waals surface area contributed by atoms with E-state index in [9.17, 15) is 9.59 Å². The Morgan fingerprint density at radius 2 is 1.50 bits per heavy atom. The Bertz CT molecular complexity index is 1080. The monoisotopic (exact) mass is 428 g/mol. The average Bonchev–Trinajstić information content (AvgIpc) is 2.79. The Morgan fingerprint density at radius 3 is 2.19 bits per heavy atom. The smallest absolute Gasteiger partial charge is 0.242 e. The van der Waals surface area contributed by atoms with Crippen LogP contribution in [0.1, 0.15) is 33.4 Å². The first kappa shape index (κ1) is 23.3. The Labute approximate surface area is 191 Å². The number of benzene rings is 3. The number of hydrogen-bond donors (Lipinski definition) is 1. The lowest BCUT2D eigenvalue weighted by molar-refractivity contribution is -0.140. The first-order chi connectivity index (χ1) is 15.4. The van der Waals surface area contributed by atoms with Crippen molar-refractivity contribution in [2.45, 2.75) is 46.2 Å². The van der Waals surface area contributed by atoms with E-state index >= 15 is 0 Å². The first-order valence-electron chi connectivity index (χ1n) is 11.0. The van der Waals surface area contributed by atoms with Crippen molar-refractivity contribution < 1.29 is 9.59 Å². The molecule has 2 amide bonds. The molecule has 4 heteroatoms. The van der Waals surface area contributed by atoms with E-state index in [0.29, 0.717) is 13.0 Å². The number of likely N-dealkylation sites (N-methyl/N-ethyl adjacent to an activating group) is 1. The molecule has 0 heterocycles. The minimum absolute atomic E-state index is 0.0496. The molecule has 0 aliphatic heterocycles. The van der Waals surface area contributed by atoms with Crippen LogP contribution in [0.2, 0.25) is 0 Å². The summed E-state index contributed by atoms with van der Waals surface area (Å²) in [6, 6.07) is 23.4. The van der Waals surface area contributed by atoms with E-state index in [1.54, 1.807) is 11.9 Å². The summed E-state index contributed by atoms with van der Waals surface area (Å²) in [5.41, 5.74) is 6.38. The second kappa shape index (κ2) is 10.8. The van der Waals surface area contributed by atoms with E-state index in [1.165, 1.54) is 0 Å². The molecule has 0 aliphatic carbocycles. The predicted octanol–water partition coefficient (Wildman–Crippen LogP) is 4.54. The van der Waals surface area contributed by atoms with Gasteiger partial charge in [-0.25, -0.2) is 0 Å². The van der Waals surface area contributed by atoms with Crippen LogP contribution in [0.15, 0.2) is 72.8 Å². The average molecular weight is 429 g/mol. The van der Waals surface area contributed by atoms with Gasteiger partial charge in [-0.3, -0.25) is 9.59 Å². The lowest BCUT2D eigenvalue weighted by Crippen LogP contribution is -2.50.